The van der Waals surface area contributed by atoms with E-state index in [1.54, 1.807) is 7.11 Å². The molecule has 0 aromatic carbocycles. The fourth-order valence-electron chi connectivity index (χ4n) is 3.33. The molecule has 1 atom stereocenters. The van der Waals surface area contributed by atoms with E-state index in [1.807, 2.05) is 11.3 Å². The molecule has 0 amide bonds. The van der Waals surface area contributed by atoms with Gasteiger partial charge in [0.25, 0.3) is 0 Å². The topological polar surface area (TPSA) is 48.9 Å². The molecule has 1 aromatic heterocycles. The third kappa shape index (κ3) is 7.64. The van der Waals surface area contributed by atoms with E-state index in [2.05, 4.69) is 48.4 Å². The molecule has 0 radical (unpaired) electrons. The number of aliphatic imine (C=N–C) groups is 1. The second kappa shape index (κ2) is 11.6. The molecule has 0 spiro atoms. The fraction of sp³-hybridized carbons (Fsp3) is 0.750. The first-order valence-corrected chi connectivity index (χ1v) is 10.7. The number of methoxy groups -OCH3 is 1. The van der Waals surface area contributed by atoms with Crippen LogP contribution in [0.2, 0.25) is 0 Å². The third-order valence-corrected chi connectivity index (χ3v) is 5.88. The van der Waals surface area contributed by atoms with E-state index in [1.165, 1.54) is 35.7 Å². The summed E-state index contributed by atoms with van der Waals surface area (Å²) in [5.41, 5.74) is 0. The zero-order valence-electron chi connectivity index (χ0n) is 16.9. The largest absolute Gasteiger partial charge is 0.383 e. The van der Waals surface area contributed by atoms with Crippen LogP contribution in [0.4, 0.5) is 0 Å². The quantitative estimate of drug-likeness (QED) is 0.511. The molecule has 148 valence electrons. The van der Waals surface area contributed by atoms with Gasteiger partial charge in [0.05, 0.1) is 6.61 Å². The molecule has 6 heteroatoms. The van der Waals surface area contributed by atoms with Crippen molar-refractivity contribution in [3.63, 3.8) is 0 Å². The van der Waals surface area contributed by atoms with Crippen molar-refractivity contribution in [2.45, 2.75) is 46.1 Å². The van der Waals surface area contributed by atoms with Gasteiger partial charge in [-0.3, -0.25) is 4.99 Å². The molecular formula is C20H36N4OS. The van der Waals surface area contributed by atoms with Crippen molar-refractivity contribution in [3.05, 3.63) is 21.9 Å². The molecule has 1 aliphatic rings. The van der Waals surface area contributed by atoms with Crippen LogP contribution in [-0.2, 0) is 11.2 Å². The van der Waals surface area contributed by atoms with E-state index in [4.69, 9.17) is 9.73 Å². The molecule has 0 aliphatic carbocycles. The van der Waals surface area contributed by atoms with E-state index in [-0.39, 0.29) is 0 Å². The molecule has 2 N–H and O–H groups in total. The van der Waals surface area contributed by atoms with Gasteiger partial charge in [-0.15, -0.1) is 11.3 Å². The Balaban J connectivity index is 1.77. The van der Waals surface area contributed by atoms with E-state index in [9.17, 15) is 0 Å². The Morgan fingerprint density at radius 2 is 2.15 bits per heavy atom. The lowest BCUT2D eigenvalue weighted by atomic mass is 9.97. The van der Waals surface area contributed by atoms with E-state index in [0.29, 0.717) is 12.0 Å². The second-order valence-corrected chi connectivity index (χ2v) is 8.63. The summed E-state index contributed by atoms with van der Waals surface area (Å²) in [5.74, 6) is 1.65. The van der Waals surface area contributed by atoms with Gasteiger partial charge >= 0.3 is 0 Å². The van der Waals surface area contributed by atoms with E-state index in [0.717, 1.165) is 38.6 Å². The molecule has 2 rings (SSSR count). The minimum absolute atomic E-state index is 0.377. The third-order valence-electron chi connectivity index (χ3n) is 4.86. The number of aryl methyl sites for hydroxylation is 1. The van der Waals surface area contributed by atoms with Crippen LogP contribution < -0.4 is 10.6 Å². The summed E-state index contributed by atoms with van der Waals surface area (Å²) in [4.78, 5) is 10.2. The van der Waals surface area contributed by atoms with Crippen LogP contribution in [0.3, 0.4) is 0 Å². The van der Waals surface area contributed by atoms with Crippen molar-refractivity contribution < 1.29 is 4.74 Å². The summed E-state index contributed by atoms with van der Waals surface area (Å²) >= 11 is 1.88. The van der Waals surface area contributed by atoms with Crippen LogP contribution in [0, 0.1) is 12.8 Å². The molecule has 26 heavy (non-hydrogen) atoms. The highest BCUT2D eigenvalue weighted by Crippen LogP contribution is 2.18. The van der Waals surface area contributed by atoms with Gasteiger partial charge in [0.1, 0.15) is 0 Å². The summed E-state index contributed by atoms with van der Waals surface area (Å²) in [6, 6.07) is 4.81. The molecule has 1 aliphatic heterocycles. The van der Waals surface area contributed by atoms with Crippen molar-refractivity contribution in [3.8, 4) is 0 Å². The number of ether oxygens (including phenoxy) is 1. The molecule has 0 saturated carbocycles. The number of guanidine groups is 1. The van der Waals surface area contributed by atoms with Crippen LogP contribution in [0.25, 0.3) is 0 Å². The lowest BCUT2D eigenvalue weighted by molar-refractivity contribution is 0.121. The van der Waals surface area contributed by atoms with Crippen molar-refractivity contribution >= 4 is 17.3 Å². The van der Waals surface area contributed by atoms with Gasteiger partial charge in [0.15, 0.2) is 5.96 Å². The Labute approximate surface area is 163 Å². The Morgan fingerprint density at radius 1 is 1.38 bits per heavy atom. The maximum Gasteiger partial charge on any atom is 0.191 e. The Bertz CT molecular complexity index is 538. The van der Waals surface area contributed by atoms with Crippen LogP contribution in [-0.4, -0.2) is 63.3 Å². The molecule has 0 bridgehead atoms. The number of thiophene rings is 1. The highest BCUT2D eigenvalue weighted by Gasteiger charge is 2.19. The van der Waals surface area contributed by atoms with Gasteiger partial charge in [-0.1, -0.05) is 0 Å². The molecular weight excluding hydrogens is 344 g/mol. The Hall–Kier alpha value is -1.11. The lowest BCUT2D eigenvalue weighted by Gasteiger charge is -2.31. The highest BCUT2D eigenvalue weighted by atomic mass is 32.1. The lowest BCUT2D eigenvalue weighted by Crippen LogP contribution is -2.43. The summed E-state index contributed by atoms with van der Waals surface area (Å²) in [5, 5.41) is 6.97. The predicted molar refractivity (Wildman–Crippen MR) is 112 cm³/mol. The number of nitrogens with zero attached hydrogens (tertiary/aromatic N) is 2. The van der Waals surface area contributed by atoms with Gasteiger partial charge in [0, 0.05) is 49.0 Å². The summed E-state index contributed by atoms with van der Waals surface area (Å²) < 4.78 is 5.18. The van der Waals surface area contributed by atoms with Gasteiger partial charge in [-0.2, -0.15) is 0 Å². The number of piperidine rings is 1. The van der Waals surface area contributed by atoms with Gasteiger partial charge in [-0.25, -0.2) is 0 Å². The number of hydrogen-bond donors (Lipinski definition) is 2. The van der Waals surface area contributed by atoms with Crippen molar-refractivity contribution in [2.24, 2.45) is 10.9 Å². The van der Waals surface area contributed by atoms with Crippen molar-refractivity contribution in [1.82, 2.24) is 15.5 Å². The van der Waals surface area contributed by atoms with Crippen molar-refractivity contribution in [1.29, 1.82) is 0 Å². The molecule has 2 heterocycles. The zero-order chi connectivity index (χ0) is 18.8. The first-order chi connectivity index (χ1) is 12.6. The molecule has 1 unspecified atom stereocenters. The molecule has 5 nitrogen and oxygen atoms in total. The Kier molecular flexibility index (Phi) is 9.43. The first-order valence-electron chi connectivity index (χ1n) is 9.92. The maximum absolute atomic E-state index is 5.18. The van der Waals surface area contributed by atoms with E-state index >= 15 is 0 Å². The average molecular weight is 381 g/mol. The van der Waals surface area contributed by atoms with Crippen LogP contribution in [0.5, 0.6) is 0 Å². The van der Waals surface area contributed by atoms with Gasteiger partial charge < -0.3 is 20.3 Å². The molecule has 1 aromatic rings. The summed E-state index contributed by atoms with van der Waals surface area (Å²) in [6.07, 6.45) is 3.51. The number of rotatable bonds is 9. The maximum atomic E-state index is 5.18. The van der Waals surface area contributed by atoms with Crippen LogP contribution in [0.15, 0.2) is 17.1 Å². The molecule has 1 saturated heterocycles. The van der Waals surface area contributed by atoms with Crippen molar-refractivity contribution in [2.75, 3.05) is 46.4 Å². The van der Waals surface area contributed by atoms with Gasteiger partial charge in [-0.05, 0) is 64.8 Å². The number of likely N-dealkylation sites (tertiary alicyclic amines) is 1. The molecule has 1 fully saturated rings. The summed E-state index contributed by atoms with van der Waals surface area (Å²) in [7, 11) is 1.78. The van der Waals surface area contributed by atoms with Crippen LogP contribution in [0.1, 0.15) is 36.4 Å². The van der Waals surface area contributed by atoms with Gasteiger partial charge in [0.2, 0.25) is 0 Å². The van der Waals surface area contributed by atoms with Crippen LogP contribution >= 0.6 is 11.3 Å². The van der Waals surface area contributed by atoms with E-state index < -0.39 is 0 Å². The number of hydrogen-bond acceptors (Lipinski definition) is 4. The SMILES string of the molecule is CCNC(=NCC1CCN(CCOC)CC1)NC(C)Cc1ccc(C)s1. The normalized spacial score (nSPS) is 18.1. The summed E-state index contributed by atoms with van der Waals surface area (Å²) in [6.45, 7) is 12.6. The standard InChI is InChI=1S/C20H36N4OS/c1-5-21-20(23-16(2)14-19-7-6-17(3)26-19)22-15-18-8-10-24(11-9-18)12-13-25-4/h6-7,16,18H,5,8-15H2,1-4H3,(H2,21,22,23). The monoisotopic (exact) mass is 380 g/mol. The highest BCUT2D eigenvalue weighted by molar-refractivity contribution is 7.11. The number of nitrogens with one attached hydrogen (secondary N) is 2. The minimum atomic E-state index is 0.377. The first kappa shape index (κ1) is 21.2. The fourth-order valence-corrected chi connectivity index (χ4v) is 4.35. The average Bonchev–Trinajstić information content (AvgIpc) is 3.03. The zero-order valence-corrected chi connectivity index (χ0v) is 17.7. The predicted octanol–water partition coefficient (Wildman–Crippen LogP) is 2.90. The Morgan fingerprint density at radius 3 is 2.77 bits per heavy atom. The minimum Gasteiger partial charge on any atom is -0.383 e. The smallest absolute Gasteiger partial charge is 0.191 e. The second-order valence-electron chi connectivity index (χ2n) is 7.26.